The van der Waals surface area contributed by atoms with Crippen LogP contribution in [0.5, 0.6) is 0 Å². The molecule has 0 atom stereocenters. The van der Waals surface area contributed by atoms with Gasteiger partial charge in [0.15, 0.2) is 5.96 Å². The van der Waals surface area contributed by atoms with Crippen LogP contribution in [-0.2, 0) is 4.74 Å². The van der Waals surface area contributed by atoms with E-state index < -0.39 is 0 Å². The number of likely N-dealkylation sites (N-methyl/N-ethyl adjacent to an activating group) is 1. The number of methoxy groups -OCH3 is 1. The topological polar surface area (TPSA) is 48.9 Å². The summed E-state index contributed by atoms with van der Waals surface area (Å²) in [7, 11) is 3.87. The lowest BCUT2D eigenvalue weighted by Crippen LogP contribution is -2.38. The smallest absolute Gasteiger partial charge is 0.191 e. The van der Waals surface area contributed by atoms with Crippen LogP contribution in [0.3, 0.4) is 0 Å². The fourth-order valence-electron chi connectivity index (χ4n) is 1.71. The van der Waals surface area contributed by atoms with Crippen LogP contribution >= 0.6 is 0 Å². The number of hydrogen-bond donors (Lipinski definition) is 2. The summed E-state index contributed by atoms with van der Waals surface area (Å²) in [5, 5.41) is 6.59. The maximum absolute atomic E-state index is 5.05. The van der Waals surface area contributed by atoms with Gasteiger partial charge in [-0.2, -0.15) is 0 Å². The summed E-state index contributed by atoms with van der Waals surface area (Å²) >= 11 is 0. The standard InChI is InChI=1S/C15H32N4O/c1-5-7-8-10-17-15(16-6-2)18-11-13-19(3)12-9-14-20-4/h5,7H,6,8-14H2,1-4H3,(H2,16,17,18)/b7-5+. The molecule has 0 spiro atoms. The number of rotatable bonds is 11. The molecule has 0 aromatic rings. The van der Waals surface area contributed by atoms with Crippen LogP contribution in [0.2, 0.25) is 0 Å². The number of allylic oxidation sites excluding steroid dienone is 1. The molecule has 0 radical (unpaired) electrons. The van der Waals surface area contributed by atoms with Crippen LogP contribution in [0.1, 0.15) is 26.7 Å². The Kier molecular flexibility index (Phi) is 13.6. The van der Waals surface area contributed by atoms with E-state index >= 15 is 0 Å². The van der Waals surface area contributed by atoms with Gasteiger partial charge < -0.3 is 20.3 Å². The number of hydrogen-bond acceptors (Lipinski definition) is 3. The summed E-state index contributed by atoms with van der Waals surface area (Å²) < 4.78 is 5.05. The molecule has 5 heteroatoms. The van der Waals surface area contributed by atoms with E-state index in [1.165, 1.54) is 0 Å². The van der Waals surface area contributed by atoms with Gasteiger partial charge in [-0.05, 0) is 33.7 Å². The first-order valence-corrected chi connectivity index (χ1v) is 7.55. The Labute approximate surface area is 124 Å². The van der Waals surface area contributed by atoms with Crippen LogP contribution in [0.25, 0.3) is 0 Å². The molecule has 20 heavy (non-hydrogen) atoms. The molecule has 118 valence electrons. The van der Waals surface area contributed by atoms with E-state index in [-0.39, 0.29) is 0 Å². The number of nitrogens with zero attached hydrogens (tertiary/aromatic N) is 2. The van der Waals surface area contributed by atoms with Crippen molar-refractivity contribution >= 4 is 5.96 Å². The monoisotopic (exact) mass is 284 g/mol. The second kappa shape index (κ2) is 14.3. The minimum Gasteiger partial charge on any atom is -0.385 e. The first-order chi connectivity index (χ1) is 9.74. The Balaban J connectivity index is 3.87. The zero-order chi connectivity index (χ0) is 15.1. The van der Waals surface area contributed by atoms with Crippen LogP contribution in [-0.4, -0.2) is 64.3 Å². The molecule has 0 aromatic carbocycles. The predicted octanol–water partition coefficient (Wildman–Crippen LogP) is 1.48. The van der Waals surface area contributed by atoms with Crippen molar-refractivity contribution in [2.75, 3.05) is 53.5 Å². The van der Waals surface area contributed by atoms with Crippen LogP contribution in [0.4, 0.5) is 0 Å². The number of ether oxygens (including phenoxy) is 1. The van der Waals surface area contributed by atoms with Crippen molar-refractivity contribution < 1.29 is 4.74 Å². The van der Waals surface area contributed by atoms with Gasteiger partial charge in [-0.25, -0.2) is 0 Å². The van der Waals surface area contributed by atoms with Crippen molar-refractivity contribution in [3.63, 3.8) is 0 Å². The Morgan fingerprint density at radius 3 is 2.75 bits per heavy atom. The summed E-state index contributed by atoms with van der Waals surface area (Å²) in [5.41, 5.74) is 0. The molecule has 0 saturated heterocycles. The van der Waals surface area contributed by atoms with Crippen LogP contribution in [0, 0.1) is 0 Å². The summed E-state index contributed by atoms with van der Waals surface area (Å²) in [6.07, 6.45) is 6.32. The van der Waals surface area contributed by atoms with Crippen molar-refractivity contribution in [1.82, 2.24) is 15.5 Å². The fourth-order valence-corrected chi connectivity index (χ4v) is 1.71. The third-order valence-electron chi connectivity index (χ3n) is 2.82. The molecule has 0 fully saturated rings. The second-order valence-electron chi connectivity index (χ2n) is 4.69. The fraction of sp³-hybridized carbons (Fsp3) is 0.800. The van der Waals surface area contributed by atoms with E-state index in [1.54, 1.807) is 7.11 Å². The van der Waals surface area contributed by atoms with Gasteiger partial charge in [0, 0.05) is 39.9 Å². The Morgan fingerprint density at radius 2 is 2.10 bits per heavy atom. The number of aliphatic imine (C=N–C) groups is 1. The average Bonchev–Trinajstić information content (AvgIpc) is 2.44. The van der Waals surface area contributed by atoms with E-state index in [4.69, 9.17) is 4.74 Å². The third-order valence-corrected chi connectivity index (χ3v) is 2.82. The first-order valence-electron chi connectivity index (χ1n) is 7.55. The molecule has 0 aliphatic heterocycles. The molecule has 0 bridgehead atoms. The highest BCUT2D eigenvalue weighted by Crippen LogP contribution is 1.88. The maximum Gasteiger partial charge on any atom is 0.191 e. The first kappa shape index (κ1) is 18.9. The largest absolute Gasteiger partial charge is 0.385 e. The lowest BCUT2D eigenvalue weighted by Gasteiger charge is -2.16. The molecule has 0 rings (SSSR count). The van der Waals surface area contributed by atoms with E-state index in [2.05, 4.69) is 46.6 Å². The van der Waals surface area contributed by atoms with Crippen LogP contribution in [0.15, 0.2) is 17.1 Å². The highest BCUT2D eigenvalue weighted by molar-refractivity contribution is 5.79. The molecule has 0 aromatic heterocycles. The maximum atomic E-state index is 5.05. The van der Waals surface area contributed by atoms with Gasteiger partial charge in [0.2, 0.25) is 0 Å². The van der Waals surface area contributed by atoms with E-state index in [0.29, 0.717) is 0 Å². The van der Waals surface area contributed by atoms with Crippen molar-refractivity contribution in [2.45, 2.75) is 26.7 Å². The third kappa shape index (κ3) is 12.0. The molecule has 0 aliphatic carbocycles. The van der Waals surface area contributed by atoms with Gasteiger partial charge in [0.1, 0.15) is 0 Å². The SMILES string of the molecule is C/C=C/CCNC(=NCCN(C)CCCOC)NCC. The number of guanidine groups is 1. The van der Waals surface area contributed by atoms with Gasteiger partial charge in [-0.15, -0.1) is 0 Å². The second-order valence-corrected chi connectivity index (χ2v) is 4.69. The molecule has 5 nitrogen and oxygen atoms in total. The molecular formula is C15H32N4O. The Hall–Kier alpha value is -1.07. The van der Waals surface area contributed by atoms with Gasteiger partial charge in [-0.1, -0.05) is 12.2 Å². The summed E-state index contributed by atoms with van der Waals surface area (Å²) in [4.78, 5) is 6.86. The summed E-state index contributed by atoms with van der Waals surface area (Å²) in [6.45, 7) is 9.58. The molecule has 0 amide bonds. The minimum absolute atomic E-state index is 0.808. The van der Waals surface area contributed by atoms with Crippen molar-refractivity contribution in [3.05, 3.63) is 12.2 Å². The minimum atomic E-state index is 0.808. The highest BCUT2D eigenvalue weighted by Gasteiger charge is 1.99. The van der Waals surface area contributed by atoms with Gasteiger partial charge in [-0.3, -0.25) is 4.99 Å². The average molecular weight is 284 g/mol. The highest BCUT2D eigenvalue weighted by atomic mass is 16.5. The Bertz CT molecular complexity index is 267. The molecular weight excluding hydrogens is 252 g/mol. The van der Waals surface area contributed by atoms with Gasteiger partial charge >= 0.3 is 0 Å². The summed E-state index contributed by atoms with van der Waals surface area (Å²) in [5.74, 6) is 0.905. The summed E-state index contributed by atoms with van der Waals surface area (Å²) in [6, 6.07) is 0. The lowest BCUT2D eigenvalue weighted by atomic mass is 10.4. The van der Waals surface area contributed by atoms with Gasteiger partial charge in [0.05, 0.1) is 6.54 Å². The zero-order valence-electron chi connectivity index (χ0n) is 13.6. The van der Waals surface area contributed by atoms with E-state index in [1.807, 2.05) is 6.92 Å². The Morgan fingerprint density at radius 1 is 1.30 bits per heavy atom. The number of nitrogens with one attached hydrogen (secondary N) is 2. The molecule has 0 heterocycles. The zero-order valence-corrected chi connectivity index (χ0v) is 13.6. The predicted molar refractivity (Wildman–Crippen MR) is 87.4 cm³/mol. The van der Waals surface area contributed by atoms with Crippen LogP contribution < -0.4 is 10.6 Å². The van der Waals surface area contributed by atoms with E-state index in [0.717, 1.165) is 58.1 Å². The van der Waals surface area contributed by atoms with Crippen molar-refractivity contribution in [3.8, 4) is 0 Å². The van der Waals surface area contributed by atoms with Crippen molar-refractivity contribution in [1.29, 1.82) is 0 Å². The van der Waals surface area contributed by atoms with Gasteiger partial charge in [0.25, 0.3) is 0 Å². The lowest BCUT2D eigenvalue weighted by molar-refractivity contribution is 0.180. The van der Waals surface area contributed by atoms with E-state index in [9.17, 15) is 0 Å². The molecule has 0 unspecified atom stereocenters. The molecule has 0 aliphatic rings. The van der Waals surface area contributed by atoms with Crippen molar-refractivity contribution in [2.24, 2.45) is 4.99 Å². The molecule has 2 N–H and O–H groups in total. The quantitative estimate of drug-likeness (QED) is 0.261. The normalized spacial score (nSPS) is 12.3. The molecule has 0 saturated carbocycles.